The minimum absolute atomic E-state index is 0.0415. The molecule has 280 valence electrons. The van der Waals surface area contributed by atoms with Crippen LogP contribution >= 0.6 is 23.2 Å². The van der Waals surface area contributed by atoms with E-state index in [0.717, 1.165) is 80.0 Å². The number of tetrazole rings is 1. The number of hydrogen-bond acceptors (Lipinski definition) is 8. The second-order valence-electron chi connectivity index (χ2n) is 16.5. The summed E-state index contributed by atoms with van der Waals surface area (Å²) in [7, 11) is 0. The SMILES string of the molecule is CC1=NC2C(F)=C(c3cccc(Cl)c3Cl)C(CCC#N)=CC2(C)c2c1cc([C@H]1C[C@H](n3nnc(N4CCCC4)n3)CN1C(=O)C1CC1)n2[C@H]1[C@H]2CN[C@@H]1C2. The number of halogens is 3. The summed E-state index contributed by atoms with van der Waals surface area (Å²) < 4.78 is 20.0. The molecule has 7 atom stereocenters. The summed E-state index contributed by atoms with van der Waals surface area (Å²) in [5.74, 6) is 0.930. The number of carbonyl (C=O) groups is 1. The molecule has 2 aromatic heterocycles. The van der Waals surface area contributed by atoms with Crippen molar-refractivity contribution in [1.29, 1.82) is 5.26 Å². The van der Waals surface area contributed by atoms with Gasteiger partial charge in [-0.15, -0.1) is 5.10 Å². The molecule has 1 aromatic carbocycles. The molecule has 8 aliphatic rings. The van der Waals surface area contributed by atoms with E-state index in [0.29, 0.717) is 47.4 Å². The van der Waals surface area contributed by atoms with Gasteiger partial charge in [0.15, 0.2) is 0 Å². The van der Waals surface area contributed by atoms with Crippen molar-refractivity contribution in [3.63, 3.8) is 0 Å². The standard InChI is InChI=1S/C40H43Cl2FN10O/c1-21-27-17-31(30-16-25(20-51(30)38(54)22-10-11-22)53-48-39(47-49-53)50-13-3-4-14-50)52(35-24-15-29(35)45-19-24)37(27)40(2)18-23(7-6-12-44)32(34(43)36(40)46-21)26-8-5-9-28(41)33(26)42/h5,8-9,17-18,22,24-25,29-30,35-36,45H,3-4,6-7,10-11,13-16,19-20H2,1-2H3/t24-,25+,29-,30-,35+,36?,40?/m1/s1. The van der Waals surface area contributed by atoms with Crippen molar-refractivity contribution in [3.05, 3.63) is 74.3 Å². The van der Waals surface area contributed by atoms with Gasteiger partial charge in [0.05, 0.1) is 39.7 Å². The van der Waals surface area contributed by atoms with Gasteiger partial charge in [-0.2, -0.15) is 10.1 Å². The third kappa shape index (κ3) is 5.17. The number of amides is 1. The molecule has 4 saturated heterocycles. The Morgan fingerprint density at radius 1 is 1.17 bits per heavy atom. The number of hydrogen-bond donors (Lipinski definition) is 1. The van der Waals surface area contributed by atoms with Gasteiger partial charge in [0.1, 0.15) is 11.9 Å². The number of likely N-dealkylation sites (tertiary alicyclic amines) is 1. The van der Waals surface area contributed by atoms with Gasteiger partial charge in [0, 0.05) is 78.4 Å². The number of allylic oxidation sites excluding steroid dienone is 2. The highest BCUT2D eigenvalue weighted by Crippen LogP contribution is 2.56. The Bertz CT molecular complexity index is 2190. The van der Waals surface area contributed by atoms with Crippen LogP contribution in [0.3, 0.4) is 0 Å². The molecular weight excluding hydrogens is 726 g/mol. The van der Waals surface area contributed by atoms with Crippen LogP contribution in [0.15, 0.2) is 46.7 Å². The summed E-state index contributed by atoms with van der Waals surface area (Å²) in [6.45, 7) is 7.35. The zero-order chi connectivity index (χ0) is 37.0. The molecule has 0 radical (unpaired) electrons. The van der Waals surface area contributed by atoms with Crippen LogP contribution < -0.4 is 10.2 Å². The van der Waals surface area contributed by atoms with Gasteiger partial charge in [0.2, 0.25) is 5.91 Å². The Labute approximate surface area is 323 Å². The number of carbonyl (C=O) groups excluding carboxylic acids is 1. The molecular formula is C40H43Cl2FN10O. The van der Waals surface area contributed by atoms with Crippen LogP contribution in [-0.4, -0.2) is 79.6 Å². The number of fused-ring (bicyclic) bond motifs is 4. The minimum Gasteiger partial charge on any atom is -0.340 e. The van der Waals surface area contributed by atoms with Crippen molar-refractivity contribution in [2.24, 2.45) is 16.8 Å². The lowest BCUT2D eigenvalue weighted by molar-refractivity contribution is -0.133. The van der Waals surface area contributed by atoms with Crippen LogP contribution in [0.25, 0.3) is 5.57 Å². The number of benzene rings is 1. The summed E-state index contributed by atoms with van der Waals surface area (Å²) in [6, 6.07) is 8.99. The monoisotopic (exact) mass is 768 g/mol. The first-order valence-corrected chi connectivity index (χ1v) is 20.2. The highest BCUT2D eigenvalue weighted by molar-refractivity contribution is 6.43. The Morgan fingerprint density at radius 3 is 2.70 bits per heavy atom. The van der Waals surface area contributed by atoms with E-state index >= 15 is 4.39 Å². The maximum Gasteiger partial charge on any atom is 0.266 e. The molecule has 14 heteroatoms. The number of nitrogens with one attached hydrogen (secondary N) is 1. The molecule has 54 heavy (non-hydrogen) atoms. The number of aromatic nitrogens is 5. The molecule has 1 N–H and O–H groups in total. The summed E-state index contributed by atoms with van der Waals surface area (Å²) in [4.78, 5) is 25.3. The summed E-state index contributed by atoms with van der Waals surface area (Å²) in [5.41, 5.74) is 4.55. The maximum absolute atomic E-state index is 17.5. The molecule has 5 aliphatic heterocycles. The second kappa shape index (κ2) is 12.8. The summed E-state index contributed by atoms with van der Waals surface area (Å²) in [5, 5.41) is 27.9. The molecule has 1 amide bonds. The van der Waals surface area contributed by atoms with E-state index in [1.54, 1.807) is 23.0 Å². The molecule has 11 rings (SSSR count). The van der Waals surface area contributed by atoms with E-state index in [-0.39, 0.29) is 53.3 Å². The van der Waals surface area contributed by atoms with Crippen molar-refractivity contribution in [1.82, 2.24) is 35.0 Å². The zero-order valence-electron chi connectivity index (χ0n) is 30.5. The molecule has 2 bridgehead atoms. The van der Waals surface area contributed by atoms with Gasteiger partial charge in [-0.3, -0.25) is 9.79 Å². The number of anilines is 1. The number of nitriles is 1. The Kier molecular flexibility index (Phi) is 8.13. The Hall–Kier alpha value is -4.05. The van der Waals surface area contributed by atoms with Crippen LogP contribution in [0.5, 0.6) is 0 Å². The van der Waals surface area contributed by atoms with Gasteiger partial charge in [-0.1, -0.05) is 46.5 Å². The fourth-order valence-corrected chi connectivity index (χ4v) is 10.8. The first-order valence-electron chi connectivity index (χ1n) is 19.5. The highest BCUT2D eigenvalue weighted by Gasteiger charge is 2.56. The zero-order valence-corrected chi connectivity index (χ0v) is 32.0. The van der Waals surface area contributed by atoms with Crippen molar-refractivity contribution >= 4 is 46.3 Å². The minimum atomic E-state index is -0.882. The first kappa shape index (κ1) is 34.4. The van der Waals surface area contributed by atoms with Crippen molar-refractivity contribution in [2.45, 2.75) is 101 Å². The summed E-state index contributed by atoms with van der Waals surface area (Å²) >= 11 is 13.2. The molecule has 11 nitrogen and oxygen atoms in total. The van der Waals surface area contributed by atoms with Gasteiger partial charge >= 0.3 is 0 Å². The average Bonchev–Trinajstić information content (AvgIpc) is 3.83. The Balaban J connectivity index is 1.12. The third-order valence-corrected chi connectivity index (χ3v) is 14.0. The Morgan fingerprint density at radius 2 is 1.98 bits per heavy atom. The van der Waals surface area contributed by atoms with Crippen LogP contribution in [0.2, 0.25) is 10.0 Å². The molecule has 0 spiro atoms. The van der Waals surface area contributed by atoms with E-state index in [2.05, 4.69) is 55.1 Å². The third-order valence-electron chi connectivity index (χ3n) is 13.2. The van der Waals surface area contributed by atoms with Crippen LogP contribution in [0, 0.1) is 23.2 Å². The lowest BCUT2D eigenvalue weighted by Crippen LogP contribution is -2.47. The number of aliphatic imine (C=N–C) groups is 1. The molecule has 3 aliphatic carbocycles. The number of rotatable bonds is 8. The first-order chi connectivity index (χ1) is 26.2. The predicted molar refractivity (Wildman–Crippen MR) is 204 cm³/mol. The normalized spacial score (nSPS) is 31.3. The molecule has 3 aromatic rings. The quantitative estimate of drug-likeness (QED) is 0.265. The van der Waals surface area contributed by atoms with E-state index < -0.39 is 11.5 Å². The van der Waals surface area contributed by atoms with Gasteiger partial charge in [-0.25, -0.2) is 4.39 Å². The van der Waals surface area contributed by atoms with Crippen molar-refractivity contribution in [3.8, 4) is 6.07 Å². The maximum atomic E-state index is 17.5. The smallest absolute Gasteiger partial charge is 0.266 e. The van der Waals surface area contributed by atoms with Gasteiger partial charge in [0.25, 0.3) is 5.95 Å². The van der Waals surface area contributed by atoms with Crippen LogP contribution in [0.1, 0.15) is 106 Å². The lowest BCUT2D eigenvalue weighted by atomic mass is 9.67. The fraction of sp³-hybridized carbons (Fsp3) is 0.550. The summed E-state index contributed by atoms with van der Waals surface area (Å²) in [6.07, 6.45) is 8.52. The topological polar surface area (TPSA) is 120 Å². The fourth-order valence-electron chi connectivity index (χ4n) is 10.4. The lowest BCUT2D eigenvalue weighted by Gasteiger charge is -2.46. The second-order valence-corrected chi connectivity index (χ2v) is 17.3. The number of nitrogens with zero attached hydrogens (tertiary/aromatic N) is 9. The molecule has 6 fully saturated rings. The van der Waals surface area contributed by atoms with E-state index in [1.807, 2.05) is 6.92 Å². The highest BCUT2D eigenvalue weighted by atomic mass is 35.5. The predicted octanol–water partition coefficient (Wildman–Crippen LogP) is 6.91. The molecule has 2 saturated carbocycles. The van der Waals surface area contributed by atoms with E-state index in [4.69, 9.17) is 33.3 Å². The van der Waals surface area contributed by atoms with Crippen LogP contribution in [-0.2, 0) is 10.2 Å². The largest absolute Gasteiger partial charge is 0.340 e. The molecule has 7 heterocycles. The van der Waals surface area contributed by atoms with Gasteiger partial charge < -0.3 is 19.7 Å². The average molecular weight is 770 g/mol. The van der Waals surface area contributed by atoms with Crippen molar-refractivity contribution < 1.29 is 9.18 Å². The van der Waals surface area contributed by atoms with Crippen LogP contribution in [0.4, 0.5) is 10.3 Å². The van der Waals surface area contributed by atoms with Crippen molar-refractivity contribution in [2.75, 3.05) is 31.1 Å². The van der Waals surface area contributed by atoms with Gasteiger partial charge in [-0.05, 0) is 87.6 Å². The van der Waals surface area contributed by atoms with E-state index in [9.17, 15) is 10.1 Å². The van der Waals surface area contributed by atoms with E-state index in [1.165, 1.54) is 0 Å². The molecule has 2 unspecified atom stereocenters.